The Kier molecular flexibility index (Phi) is 5.56. The second kappa shape index (κ2) is 6.72. The number of methoxy groups -OCH3 is 1. The van der Waals surface area contributed by atoms with Gasteiger partial charge in [-0.25, -0.2) is 0 Å². The molecule has 0 aliphatic carbocycles. The number of hydrogen-bond acceptors (Lipinski definition) is 5. The Balaban J connectivity index is 3.12. The van der Waals surface area contributed by atoms with Crippen LogP contribution < -0.4 is 9.64 Å². The fourth-order valence-corrected chi connectivity index (χ4v) is 2.10. The molecule has 0 aliphatic heterocycles. The fourth-order valence-electron chi connectivity index (χ4n) is 1.61. The van der Waals surface area contributed by atoms with Crippen molar-refractivity contribution in [1.82, 2.24) is 4.90 Å². The van der Waals surface area contributed by atoms with Crippen LogP contribution in [0.2, 0.25) is 0 Å². The summed E-state index contributed by atoms with van der Waals surface area (Å²) < 4.78 is 5.76. The van der Waals surface area contributed by atoms with E-state index in [0.717, 1.165) is 6.54 Å². The SMILES string of the molecule is COc1cc(N(C)CCN(C)C)c([N+](=O)[O-])cc1Br. The molecule has 0 fully saturated rings. The molecule has 1 aromatic carbocycles. The number of benzene rings is 1. The summed E-state index contributed by atoms with van der Waals surface area (Å²) >= 11 is 3.26. The number of hydrogen-bond donors (Lipinski definition) is 0. The van der Waals surface area contributed by atoms with E-state index >= 15 is 0 Å². The van der Waals surface area contributed by atoms with Crippen LogP contribution in [0.3, 0.4) is 0 Å². The smallest absolute Gasteiger partial charge is 0.293 e. The molecule has 1 rings (SSSR count). The lowest BCUT2D eigenvalue weighted by molar-refractivity contribution is -0.384. The summed E-state index contributed by atoms with van der Waals surface area (Å²) in [4.78, 5) is 14.6. The van der Waals surface area contributed by atoms with Crippen molar-refractivity contribution in [2.75, 3.05) is 46.2 Å². The lowest BCUT2D eigenvalue weighted by Gasteiger charge is -2.22. The van der Waals surface area contributed by atoms with E-state index in [-0.39, 0.29) is 10.6 Å². The average molecular weight is 332 g/mol. The van der Waals surface area contributed by atoms with Crippen LogP contribution in [0.25, 0.3) is 0 Å². The van der Waals surface area contributed by atoms with Crippen LogP contribution in [0.4, 0.5) is 11.4 Å². The number of anilines is 1. The third-order valence-corrected chi connectivity index (χ3v) is 3.36. The number of halogens is 1. The third-order valence-electron chi connectivity index (χ3n) is 2.74. The van der Waals surface area contributed by atoms with Crippen LogP contribution in [-0.2, 0) is 0 Å². The molecule has 0 bridgehead atoms. The Hall–Kier alpha value is -1.34. The van der Waals surface area contributed by atoms with Crippen LogP contribution in [0.1, 0.15) is 0 Å². The van der Waals surface area contributed by atoms with E-state index in [9.17, 15) is 10.1 Å². The van der Waals surface area contributed by atoms with Crippen molar-refractivity contribution in [3.63, 3.8) is 0 Å². The van der Waals surface area contributed by atoms with Crippen molar-refractivity contribution in [2.24, 2.45) is 0 Å². The molecule has 0 unspecified atom stereocenters. The van der Waals surface area contributed by atoms with Gasteiger partial charge in [0.05, 0.1) is 16.5 Å². The van der Waals surface area contributed by atoms with Gasteiger partial charge in [-0.1, -0.05) is 0 Å². The van der Waals surface area contributed by atoms with Gasteiger partial charge in [0.2, 0.25) is 0 Å². The van der Waals surface area contributed by atoms with Crippen molar-refractivity contribution < 1.29 is 9.66 Å². The average Bonchev–Trinajstić information content (AvgIpc) is 2.35. The van der Waals surface area contributed by atoms with E-state index in [1.54, 1.807) is 6.07 Å². The Bertz CT molecular complexity index is 466. The molecule has 0 saturated carbocycles. The maximum atomic E-state index is 11.1. The minimum atomic E-state index is -0.383. The molecule has 0 N–H and O–H groups in total. The van der Waals surface area contributed by atoms with Crippen LogP contribution >= 0.6 is 15.9 Å². The molecule has 1 aromatic rings. The van der Waals surface area contributed by atoms with Crippen molar-refractivity contribution in [3.8, 4) is 5.75 Å². The highest BCUT2D eigenvalue weighted by atomic mass is 79.9. The third kappa shape index (κ3) is 4.07. The molecule has 0 heterocycles. The summed E-state index contributed by atoms with van der Waals surface area (Å²) in [7, 11) is 7.30. The predicted molar refractivity (Wildman–Crippen MR) is 79.2 cm³/mol. The summed E-state index contributed by atoms with van der Waals surface area (Å²) in [5.41, 5.74) is 0.612. The summed E-state index contributed by atoms with van der Waals surface area (Å²) in [6.07, 6.45) is 0. The normalized spacial score (nSPS) is 10.6. The van der Waals surface area contributed by atoms with E-state index in [4.69, 9.17) is 4.74 Å². The number of ether oxygens (including phenoxy) is 1. The first-order valence-electron chi connectivity index (χ1n) is 5.74. The highest BCUT2D eigenvalue weighted by molar-refractivity contribution is 9.10. The number of rotatable bonds is 6. The molecule has 0 saturated heterocycles. The van der Waals surface area contributed by atoms with Gasteiger partial charge in [-0.05, 0) is 30.0 Å². The van der Waals surface area contributed by atoms with E-state index in [1.165, 1.54) is 13.2 Å². The highest BCUT2D eigenvalue weighted by Gasteiger charge is 2.20. The fraction of sp³-hybridized carbons (Fsp3) is 0.500. The van der Waals surface area contributed by atoms with Gasteiger partial charge in [0, 0.05) is 32.3 Å². The monoisotopic (exact) mass is 331 g/mol. The van der Waals surface area contributed by atoms with Gasteiger partial charge < -0.3 is 14.5 Å². The molecule has 0 radical (unpaired) electrons. The second-order valence-electron chi connectivity index (χ2n) is 4.46. The van der Waals surface area contributed by atoms with E-state index < -0.39 is 0 Å². The molecule has 6 nitrogen and oxygen atoms in total. The van der Waals surface area contributed by atoms with Crippen molar-refractivity contribution in [3.05, 3.63) is 26.7 Å². The van der Waals surface area contributed by atoms with Gasteiger partial charge in [-0.3, -0.25) is 10.1 Å². The maximum absolute atomic E-state index is 11.1. The van der Waals surface area contributed by atoms with Gasteiger partial charge >= 0.3 is 0 Å². The van der Waals surface area contributed by atoms with Crippen LogP contribution in [-0.4, -0.2) is 51.2 Å². The molecule has 106 valence electrons. The standard InChI is InChI=1S/C12H18BrN3O3/c1-14(2)5-6-15(3)10-8-12(19-4)9(13)7-11(10)16(17)18/h7-8H,5-6H2,1-4H3. The zero-order valence-corrected chi connectivity index (χ0v) is 13.1. The quantitative estimate of drug-likeness (QED) is 0.591. The molecular weight excluding hydrogens is 314 g/mol. The predicted octanol–water partition coefficient (Wildman–Crippen LogP) is 2.36. The van der Waals surface area contributed by atoms with Crippen LogP contribution in [0.15, 0.2) is 16.6 Å². The highest BCUT2D eigenvalue weighted by Crippen LogP contribution is 2.37. The van der Waals surface area contributed by atoms with E-state index in [0.29, 0.717) is 22.5 Å². The molecule has 19 heavy (non-hydrogen) atoms. The number of nitrogens with zero attached hydrogens (tertiary/aromatic N) is 3. The van der Waals surface area contributed by atoms with Gasteiger partial charge in [0.1, 0.15) is 11.4 Å². The first kappa shape index (κ1) is 15.7. The number of likely N-dealkylation sites (N-methyl/N-ethyl adjacent to an activating group) is 2. The molecule has 0 aromatic heterocycles. The minimum Gasteiger partial charge on any atom is -0.495 e. The molecular formula is C12H18BrN3O3. The molecule has 0 atom stereocenters. The second-order valence-corrected chi connectivity index (χ2v) is 5.31. The van der Waals surface area contributed by atoms with Gasteiger partial charge in [-0.2, -0.15) is 0 Å². The zero-order valence-electron chi connectivity index (χ0n) is 11.5. The molecule has 0 aliphatic rings. The van der Waals surface area contributed by atoms with Crippen molar-refractivity contribution >= 4 is 27.3 Å². The Morgan fingerprint density at radius 1 is 1.32 bits per heavy atom. The Morgan fingerprint density at radius 2 is 1.95 bits per heavy atom. The lowest BCUT2D eigenvalue weighted by atomic mass is 10.2. The first-order valence-corrected chi connectivity index (χ1v) is 6.54. The van der Waals surface area contributed by atoms with Crippen molar-refractivity contribution in [1.29, 1.82) is 0 Å². The summed E-state index contributed by atoms with van der Waals surface area (Å²) in [5, 5.41) is 11.1. The first-order chi connectivity index (χ1) is 8.86. The topological polar surface area (TPSA) is 58.8 Å². The maximum Gasteiger partial charge on any atom is 0.293 e. The zero-order chi connectivity index (χ0) is 14.6. The Labute approximate surface area is 121 Å². The van der Waals surface area contributed by atoms with E-state index in [1.807, 2.05) is 30.9 Å². The van der Waals surface area contributed by atoms with Crippen LogP contribution in [0, 0.1) is 10.1 Å². The molecule has 7 heteroatoms. The number of nitro groups is 1. The summed E-state index contributed by atoms with van der Waals surface area (Å²) in [6, 6.07) is 3.15. The molecule has 0 spiro atoms. The van der Waals surface area contributed by atoms with Crippen LogP contribution in [0.5, 0.6) is 5.75 Å². The summed E-state index contributed by atoms with van der Waals surface area (Å²) in [5.74, 6) is 0.581. The van der Waals surface area contributed by atoms with Gasteiger partial charge in [0.25, 0.3) is 5.69 Å². The minimum absolute atomic E-state index is 0.0638. The van der Waals surface area contributed by atoms with Gasteiger partial charge in [0.15, 0.2) is 0 Å². The van der Waals surface area contributed by atoms with Gasteiger partial charge in [-0.15, -0.1) is 0 Å². The largest absolute Gasteiger partial charge is 0.495 e. The van der Waals surface area contributed by atoms with Crippen molar-refractivity contribution in [2.45, 2.75) is 0 Å². The number of nitro benzene ring substituents is 1. The van der Waals surface area contributed by atoms with E-state index in [2.05, 4.69) is 15.9 Å². The lowest BCUT2D eigenvalue weighted by Crippen LogP contribution is -2.28. The molecule has 0 amide bonds. The summed E-state index contributed by atoms with van der Waals surface area (Å²) in [6.45, 7) is 1.50. The Morgan fingerprint density at radius 3 is 2.42 bits per heavy atom.